The van der Waals surface area contributed by atoms with Crippen molar-refractivity contribution in [1.29, 1.82) is 0 Å². The number of fused-ring (bicyclic) bond motifs is 1. The van der Waals surface area contributed by atoms with Crippen molar-refractivity contribution in [2.75, 3.05) is 11.9 Å². The average Bonchev–Trinajstić information content (AvgIpc) is 2.86. The summed E-state index contributed by atoms with van der Waals surface area (Å²) < 4.78 is 83.2. The van der Waals surface area contributed by atoms with Crippen LogP contribution < -0.4 is 5.32 Å². The number of nitrogens with one attached hydrogen (secondary N) is 1. The van der Waals surface area contributed by atoms with Gasteiger partial charge in [-0.05, 0) is 55.7 Å². The molecule has 1 atom stereocenters. The van der Waals surface area contributed by atoms with Gasteiger partial charge in [-0.3, -0.25) is 14.6 Å². The second-order valence-electron chi connectivity index (χ2n) is 9.24. The fourth-order valence-electron chi connectivity index (χ4n) is 4.67. The van der Waals surface area contributed by atoms with Crippen LogP contribution in [0.25, 0.3) is 11.3 Å². The molecule has 4 rings (SSSR count). The van der Waals surface area contributed by atoms with E-state index in [1.54, 1.807) is 24.3 Å². The Morgan fingerprint density at radius 3 is 2.26 bits per heavy atom. The lowest BCUT2D eigenvalue weighted by Gasteiger charge is -2.36. The summed E-state index contributed by atoms with van der Waals surface area (Å²) in [5.41, 5.74) is -0.287. The number of anilines is 2. The van der Waals surface area contributed by atoms with Crippen molar-refractivity contribution in [3.05, 3.63) is 71.7 Å². The zero-order chi connectivity index (χ0) is 28.4. The number of hydrogen-bond donors (Lipinski definition) is 1. The second-order valence-corrected chi connectivity index (χ2v) is 9.24. The molecule has 0 fully saturated rings. The Morgan fingerprint density at radius 2 is 1.69 bits per heavy atom. The average molecular weight is 551 g/mol. The third-order valence-corrected chi connectivity index (χ3v) is 6.43. The van der Waals surface area contributed by atoms with Crippen LogP contribution in [0.2, 0.25) is 0 Å². The highest BCUT2D eigenvalue weighted by Crippen LogP contribution is 2.46. The molecular weight excluding hydrogens is 528 g/mol. The normalized spacial score (nSPS) is 17.5. The van der Waals surface area contributed by atoms with Gasteiger partial charge in [0.1, 0.15) is 5.69 Å². The highest BCUT2D eigenvalue weighted by atomic mass is 19.4. The second kappa shape index (κ2) is 10.7. The molecule has 0 bridgehead atoms. The van der Waals surface area contributed by atoms with Gasteiger partial charge in [0.05, 0.1) is 54.3 Å². The molecule has 206 valence electrons. The summed E-state index contributed by atoms with van der Waals surface area (Å²) in [5, 5.41) is 2.90. The molecule has 2 aromatic heterocycles. The smallest absolute Gasteiger partial charge is 0.433 e. The first-order valence-corrected chi connectivity index (χ1v) is 12.0. The Balaban J connectivity index is 1.53. The lowest BCUT2D eigenvalue weighted by molar-refractivity contribution is -0.162. The molecule has 1 unspecified atom stereocenters. The Labute approximate surface area is 219 Å². The first kappa shape index (κ1) is 28.1. The van der Waals surface area contributed by atoms with Crippen molar-refractivity contribution in [2.45, 2.75) is 45.0 Å². The molecule has 0 aliphatic heterocycles. The van der Waals surface area contributed by atoms with E-state index < -0.39 is 48.1 Å². The number of aromatic nitrogens is 2. The quantitative estimate of drug-likeness (QED) is 0.254. The molecule has 2 heterocycles. The maximum atomic E-state index is 13.4. The molecule has 1 aliphatic rings. The van der Waals surface area contributed by atoms with Crippen LogP contribution in [0.1, 0.15) is 47.8 Å². The van der Waals surface area contributed by atoms with E-state index in [-0.39, 0.29) is 25.0 Å². The predicted octanol–water partition coefficient (Wildman–Crippen LogP) is 6.93. The van der Waals surface area contributed by atoms with Crippen LogP contribution in [0.5, 0.6) is 0 Å². The van der Waals surface area contributed by atoms with Crippen LogP contribution in [0.3, 0.4) is 0 Å². The number of aryl methyl sites for hydroxylation is 1. The van der Waals surface area contributed by atoms with Gasteiger partial charge in [-0.25, -0.2) is 4.98 Å². The van der Waals surface area contributed by atoms with Gasteiger partial charge in [-0.15, -0.1) is 0 Å². The van der Waals surface area contributed by atoms with Crippen LogP contribution in [-0.4, -0.2) is 34.5 Å². The number of rotatable bonds is 7. The van der Waals surface area contributed by atoms with Crippen molar-refractivity contribution in [3.63, 3.8) is 0 Å². The van der Waals surface area contributed by atoms with Gasteiger partial charge < -0.3 is 10.1 Å². The summed E-state index contributed by atoms with van der Waals surface area (Å²) in [6, 6.07) is 10.1. The molecule has 0 spiro atoms. The topological polar surface area (TPSA) is 81.2 Å². The molecule has 12 heteroatoms. The lowest BCUT2D eigenvalue weighted by Crippen LogP contribution is -2.42. The summed E-state index contributed by atoms with van der Waals surface area (Å²) in [6.07, 6.45) is -8.72. The number of hydrogen-bond acceptors (Lipinski definition) is 6. The Hall–Kier alpha value is -3.96. The number of carbonyl (C=O) groups excluding carboxylic acids is 2. The van der Waals surface area contributed by atoms with E-state index in [4.69, 9.17) is 4.74 Å². The van der Waals surface area contributed by atoms with E-state index in [1.807, 2.05) is 0 Å². The molecule has 6 nitrogen and oxygen atoms in total. The number of ether oxygens (including phenoxy) is 1. The first-order chi connectivity index (χ1) is 18.3. The van der Waals surface area contributed by atoms with E-state index in [1.165, 1.54) is 25.3 Å². The van der Waals surface area contributed by atoms with Gasteiger partial charge in [0.15, 0.2) is 5.78 Å². The summed E-state index contributed by atoms with van der Waals surface area (Å²) in [7, 11) is 0. The van der Waals surface area contributed by atoms with Crippen molar-refractivity contribution in [2.24, 2.45) is 5.41 Å². The lowest BCUT2D eigenvalue weighted by atomic mass is 9.66. The summed E-state index contributed by atoms with van der Waals surface area (Å²) in [4.78, 5) is 33.1. The molecule has 1 aromatic carbocycles. The largest absolute Gasteiger partial charge is 0.466 e. The van der Waals surface area contributed by atoms with Crippen LogP contribution in [0.4, 0.5) is 37.7 Å². The standard InChI is InChI=1S/C27H23F6N3O3/c1-2-39-23(37)12-25(15-26(28,29)30)10-9-16-11-17(3-6-20(16)24(25)38)21-7-4-18(13-34-21)36-19-5-8-22(35-14-19)27(31,32)33/h3-8,11,13-14,36H,2,9-10,12,15H2,1H3. The highest BCUT2D eigenvalue weighted by Gasteiger charge is 2.51. The van der Waals surface area contributed by atoms with E-state index >= 15 is 0 Å². The third kappa shape index (κ3) is 6.55. The number of halogens is 6. The van der Waals surface area contributed by atoms with Gasteiger partial charge in [0.25, 0.3) is 0 Å². The minimum absolute atomic E-state index is 0.00238. The van der Waals surface area contributed by atoms with Crippen molar-refractivity contribution < 1.29 is 40.7 Å². The first-order valence-electron chi connectivity index (χ1n) is 12.0. The molecular formula is C27H23F6N3O3. The molecule has 1 aliphatic carbocycles. The zero-order valence-corrected chi connectivity index (χ0v) is 20.6. The van der Waals surface area contributed by atoms with E-state index in [9.17, 15) is 35.9 Å². The molecule has 1 N–H and O–H groups in total. The summed E-state index contributed by atoms with van der Waals surface area (Å²) in [5.74, 6) is -1.58. The van der Waals surface area contributed by atoms with Crippen molar-refractivity contribution >= 4 is 23.1 Å². The van der Waals surface area contributed by atoms with Gasteiger partial charge in [0, 0.05) is 11.1 Å². The van der Waals surface area contributed by atoms with E-state index in [0.717, 1.165) is 12.3 Å². The van der Waals surface area contributed by atoms with Crippen molar-refractivity contribution in [1.82, 2.24) is 9.97 Å². The van der Waals surface area contributed by atoms with E-state index in [0.29, 0.717) is 28.2 Å². The van der Waals surface area contributed by atoms with Gasteiger partial charge in [0.2, 0.25) is 0 Å². The molecule has 39 heavy (non-hydrogen) atoms. The highest BCUT2D eigenvalue weighted by molar-refractivity contribution is 6.04. The number of pyridine rings is 2. The fourth-order valence-corrected chi connectivity index (χ4v) is 4.67. The SMILES string of the molecule is CCOC(=O)CC1(CC(F)(F)F)CCc2cc(-c3ccc(Nc4ccc(C(F)(F)F)nc4)cn3)ccc2C1=O. The minimum Gasteiger partial charge on any atom is -0.466 e. The molecule has 0 amide bonds. The number of benzene rings is 1. The number of ketones is 1. The molecule has 0 saturated heterocycles. The van der Waals surface area contributed by atoms with Crippen LogP contribution in [0.15, 0.2) is 54.9 Å². The minimum atomic E-state index is -4.64. The Kier molecular flexibility index (Phi) is 7.67. The number of nitrogens with zero attached hydrogens (tertiary/aromatic N) is 2. The Bertz CT molecular complexity index is 1360. The predicted molar refractivity (Wildman–Crippen MR) is 129 cm³/mol. The fraction of sp³-hybridized carbons (Fsp3) is 0.333. The van der Waals surface area contributed by atoms with Gasteiger partial charge >= 0.3 is 18.3 Å². The van der Waals surface area contributed by atoms with Crippen LogP contribution in [0, 0.1) is 5.41 Å². The van der Waals surface area contributed by atoms with E-state index in [2.05, 4.69) is 15.3 Å². The maximum absolute atomic E-state index is 13.4. The third-order valence-electron chi connectivity index (χ3n) is 6.43. The summed E-state index contributed by atoms with van der Waals surface area (Å²) in [6.45, 7) is 1.54. The van der Waals surface area contributed by atoms with Crippen LogP contribution in [-0.2, 0) is 22.1 Å². The summed E-state index contributed by atoms with van der Waals surface area (Å²) >= 11 is 0. The number of esters is 1. The molecule has 0 saturated carbocycles. The van der Waals surface area contributed by atoms with Gasteiger partial charge in [-0.1, -0.05) is 12.1 Å². The number of alkyl halides is 6. The Morgan fingerprint density at radius 1 is 1.00 bits per heavy atom. The molecule has 3 aromatic rings. The number of Topliss-reactive ketones (excluding diaryl/α,β-unsaturated/α-hetero) is 1. The van der Waals surface area contributed by atoms with Gasteiger partial charge in [-0.2, -0.15) is 26.3 Å². The van der Waals surface area contributed by atoms with Crippen molar-refractivity contribution in [3.8, 4) is 11.3 Å². The zero-order valence-electron chi connectivity index (χ0n) is 20.6. The molecule has 0 radical (unpaired) electrons. The monoisotopic (exact) mass is 551 g/mol. The number of carbonyl (C=O) groups is 2. The van der Waals surface area contributed by atoms with Crippen LogP contribution >= 0.6 is 0 Å². The maximum Gasteiger partial charge on any atom is 0.433 e.